The molecule has 0 radical (unpaired) electrons. The molecule has 0 heterocycles. The molecule has 0 aliphatic heterocycles. The lowest BCUT2D eigenvalue weighted by molar-refractivity contribution is -0.120. The normalized spacial score (nSPS) is 11.7. The second kappa shape index (κ2) is 6.98. The van der Waals surface area contributed by atoms with Crippen LogP contribution < -0.4 is 10.6 Å². The minimum Gasteiger partial charge on any atom is -0.392 e. The van der Waals surface area contributed by atoms with E-state index in [0.29, 0.717) is 10.6 Å². The summed E-state index contributed by atoms with van der Waals surface area (Å²) in [6, 6.07) is 6.35. The minimum atomic E-state index is -0.610. The van der Waals surface area contributed by atoms with Crippen LogP contribution in [0.25, 0.3) is 0 Å². The fourth-order valence-electron chi connectivity index (χ4n) is 1.19. The largest absolute Gasteiger partial charge is 0.392 e. The lowest BCUT2D eigenvalue weighted by Gasteiger charge is -2.08. The Bertz CT molecular complexity index is 418. The Morgan fingerprint density at radius 1 is 1.28 bits per heavy atom. The number of aliphatic hydroxyl groups is 1. The maximum absolute atomic E-state index is 11.6. The van der Waals surface area contributed by atoms with E-state index in [0.717, 1.165) is 0 Å². The first-order chi connectivity index (χ1) is 8.49. The Hall–Kier alpha value is -1.59. The van der Waals surface area contributed by atoms with E-state index < -0.39 is 6.10 Å². The summed E-state index contributed by atoms with van der Waals surface area (Å²) in [6.45, 7) is 1.59. The molecule has 0 bridgehead atoms. The summed E-state index contributed by atoms with van der Waals surface area (Å²) in [5.74, 6) is -0.697. The first-order valence-electron chi connectivity index (χ1n) is 5.47. The van der Waals surface area contributed by atoms with Crippen LogP contribution in [-0.4, -0.2) is 36.1 Å². The Morgan fingerprint density at radius 2 is 1.89 bits per heavy atom. The highest BCUT2D eigenvalue weighted by Crippen LogP contribution is 2.09. The van der Waals surface area contributed by atoms with Crippen molar-refractivity contribution >= 4 is 23.4 Å². The minimum absolute atomic E-state index is 0.131. The molecule has 1 atom stereocenters. The van der Waals surface area contributed by atoms with Crippen LogP contribution in [0.4, 0.5) is 0 Å². The quantitative estimate of drug-likeness (QED) is 0.732. The van der Waals surface area contributed by atoms with Crippen LogP contribution in [0.15, 0.2) is 24.3 Å². The molecule has 0 aliphatic carbocycles. The molecule has 5 nitrogen and oxygen atoms in total. The van der Waals surface area contributed by atoms with Crippen LogP contribution in [-0.2, 0) is 4.79 Å². The average molecular weight is 271 g/mol. The van der Waals surface area contributed by atoms with Crippen LogP contribution in [0.5, 0.6) is 0 Å². The molecule has 1 unspecified atom stereocenters. The standard InChI is InChI=1S/C12H15ClN2O3/c1-8(16)6-14-11(17)7-15-12(18)9-2-4-10(13)5-3-9/h2-5,8,16H,6-7H2,1H3,(H,14,17)(H,15,18). The molecule has 1 aromatic carbocycles. The van der Waals surface area contributed by atoms with Crippen molar-refractivity contribution in [3.63, 3.8) is 0 Å². The van der Waals surface area contributed by atoms with Gasteiger partial charge in [-0.15, -0.1) is 0 Å². The van der Waals surface area contributed by atoms with E-state index in [1.165, 1.54) is 0 Å². The SMILES string of the molecule is CC(O)CNC(=O)CNC(=O)c1ccc(Cl)cc1. The van der Waals surface area contributed by atoms with Gasteiger partial charge in [-0.2, -0.15) is 0 Å². The maximum atomic E-state index is 11.6. The molecule has 0 aromatic heterocycles. The fourth-order valence-corrected chi connectivity index (χ4v) is 1.31. The lowest BCUT2D eigenvalue weighted by Crippen LogP contribution is -2.39. The van der Waals surface area contributed by atoms with Crippen LogP contribution in [0, 0.1) is 0 Å². The third kappa shape index (κ3) is 5.16. The smallest absolute Gasteiger partial charge is 0.251 e. The second-order valence-corrected chi connectivity index (χ2v) is 4.28. The van der Waals surface area contributed by atoms with Crippen LogP contribution in [0.1, 0.15) is 17.3 Å². The first kappa shape index (κ1) is 14.5. The van der Waals surface area contributed by atoms with E-state index in [9.17, 15) is 9.59 Å². The average Bonchev–Trinajstić information content (AvgIpc) is 2.34. The van der Waals surface area contributed by atoms with Crippen LogP contribution >= 0.6 is 11.6 Å². The van der Waals surface area contributed by atoms with Crippen molar-refractivity contribution < 1.29 is 14.7 Å². The number of aliphatic hydroxyl groups excluding tert-OH is 1. The molecule has 0 fully saturated rings. The summed E-state index contributed by atoms with van der Waals surface area (Å²) < 4.78 is 0. The van der Waals surface area contributed by atoms with Gasteiger partial charge in [-0.3, -0.25) is 9.59 Å². The van der Waals surface area contributed by atoms with Gasteiger partial charge in [-0.25, -0.2) is 0 Å². The van der Waals surface area contributed by atoms with Gasteiger partial charge in [-0.1, -0.05) is 11.6 Å². The van der Waals surface area contributed by atoms with Crippen molar-refractivity contribution in [1.29, 1.82) is 0 Å². The lowest BCUT2D eigenvalue weighted by atomic mass is 10.2. The molecular formula is C12H15ClN2O3. The number of nitrogens with one attached hydrogen (secondary N) is 2. The van der Waals surface area contributed by atoms with Gasteiger partial charge < -0.3 is 15.7 Å². The highest BCUT2D eigenvalue weighted by atomic mass is 35.5. The van der Waals surface area contributed by atoms with Crippen molar-refractivity contribution in [1.82, 2.24) is 10.6 Å². The molecule has 3 N–H and O–H groups in total. The van der Waals surface area contributed by atoms with Crippen LogP contribution in [0.2, 0.25) is 5.02 Å². The predicted octanol–water partition coefficient (Wildman–Crippen LogP) is 0.567. The molecule has 0 saturated heterocycles. The van der Waals surface area contributed by atoms with E-state index in [1.54, 1.807) is 31.2 Å². The molecular weight excluding hydrogens is 256 g/mol. The van der Waals surface area contributed by atoms with Crippen molar-refractivity contribution in [3.05, 3.63) is 34.9 Å². The van der Waals surface area contributed by atoms with Gasteiger partial charge in [0.15, 0.2) is 0 Å². The summed E-state index contributed by atoms with van der Waals surface area (Å²) in [7, 11) is 0. The molecule has 1 rings (SSSR count). The summed E-state index contributed by atoms with van der Waals surface area (Å²) in [4.78, 5) is 22.9. The zero-order valence-corrected chi connectivity index (χ0v) is 10.7. The zero-order chi connectivity index (χ0) is 13.5. The van der Waals surface area contributed by atoms with Gasteiger partial charge in [0.1, 0.15) is 0 Å². The zero-order valence-electron chi connectivity index (χ0n) is 9.94. The number of hydrogen-bond acceptors (Lipinski definition) is 3. The second-order valence-electron chi connectivity index (χ2n) is 3.84. The third-order valence-electron chi connectivity index (χ3n) is 2.11. The highest BCUT2D eigenvalue weighted by molar-refractivity contribution is 6.30. The van der Waals surface area contributed by atoms with Gasteiger partial charge in [0.25, 0.3) is 5.91 Å². The summed E-state index contributed by atoms with van der Waals surface area (Å²) in [5, 5.41) is 14.5. The van der Waals surface area contributed by atoms with E-state index in [4.69, 9.17) is 16.7 Å². The molecule has 2 amide bonds. The van der Waals surface area contributed by atoms with Gasteiger partial charge in [0.2, 0.25) is 5.91 Å². The summed E-state index contributed by atoms with van der Waals surface area (Å²) in [5.41, 5.74) is 0.433. The number of carbonyl (C=O) groups is 2. The van der Waals surface area contributed by atoms with Crippen LogP contribution in [0.3, 0.4) is 0 Å². The highest BCUT2D eigenvalue weighted by Gasteiger charge is 2.08. The van der Waals surface area contributed by atoms with Crippen molar-refractivity contribution in [2.45, 2.75) is 13.0 Å². The molecule has 0 spiro atoms. The van der Waals surface area contributed by atoms with Crippen molar-refractivity contribution in [3.8, 4) is 0 Å². The number of halogens is 1. The molecule has 1 aromatic rings. The number of amides is 2. The molecule has 18 heavy (non-hydrogen) atoms. The Labute approximate surface area is 110 Å². The molecule has 6 heteroatoms. The van der Waals surface area contributed by atoms with E-state index in [-0.39, 0.29) is 24.9 Å². The van der Waals surface area contributed by atoms with E-state index in [1.807, 2.05) is 0 Å². The first-order valence-corrected chi connectivity index (χ1v) is 5.85. The van der Waals surface area contributed by atoms with E-state index in [2.05, 4.69) is 10.6 Å². The topological polar surface area (TPSA) is 78.4 Å². The van der Waals surface area contributed by atoms with Gasteiger partial charge in [-0.05, 0) is 31.2 Å². The summed E-state index contributed by atoms with van der Waals surface area (Å²) >= 11 is 5.70. The molecule has 0 aliphatic rings. The maximum Gasteiger partial charge on any atom is 0.251 e. The Kier molecular flexibility index (Phi) is 5.61. The number of carbonyl (C=O) groups excluding carboxylic acids is 2. The number of benzene rings is 1. The Balaban J connectivity index is 2.37. The number of rotatable bonds is 5. The third-order valence-corrected chi connectivity index (χ3v) is 2.36. The predicted molar refractivity (Wildman–Crippen MR) is 68.5 cm³/mol. The summed E-state index contributed by atoms with van der Waals surface area (Å²) in [6.07, 6.45) is -0.610. The van der Waals surface area contributed by atoms with Gasteiger partial charge in [0, 0.05) is 17.1 Å². The van der Waals surface area contributed by atoms with Crippen molar-refractivity contribution in [2.75, 3.05) is 13.1 Å². The monoisotopic (exact) mass is 270 g/mol. The fraction of sp³-hybridized carbons (Fsp3) is 0.333. The molecule has 98 valence electrons. The number of hydrogen-bond donors (Lipinski definition) is 3. The molecule has 0 saturated carbocycles. The van der Waals surface area contributed by atoms with E-state index >= 15 is 0 Å². The van der Waals surface area contributed by atoms with Gasteiger partial charge >= 0.3 is 0 Å². The van der Waals surface area contributed by atoms with Crippen molar-refractivity contribution in [2.24, 2.45) is 0 Å². The van der Waals surface area contributed by atoms with Gasteiger partial charge in [0.05, 0.1) is 12.6 Å². The Morgan fingerprint density at radius 3 is 2.44 bits per heavy atom.